The fraction of sp³-hybridized carbons (Fsp3) is 0. The van der Waals surface area contributed by atoms with Crippen molar-refractivity contribution >= 4 is 23.4 Å². The summed E-state index contributed by atoms with van der Waals surface area (Å²) in [7, 11) is 0. The topological polar surface area (TPSA) is 129 Å². The maximum atomic E-state index is 14.1. The molecule has 0 radical (unpaired) electrons. The number of primary amides is 1. The van der Waals surface area contributed by atoms with Gasteiger partial charge < -0.3 is 21.5 Å². The number of benzene rings is 2. The first-order valence-corrected chi connectivity index (χ1v) is 9.18. The second-order valence-electron chi connectivity index (χ2n) is 6.47. The van der Waals surface area contributed by atoms with E-state index in [1.807, 2.05) is 0 Å². The van der Waals surface area contributed by atoms with Crippen LogP contribution in [0.1, 0.15) is 10.5 Å². The van der Waals surface area contributed by atoms with Gasteiger partial charge in [0.15, 0.2) is 0 Å². The van der Waals surface area contributed by atoms with Crippen LogP contribution < -0.4 is 21.5 Å². The van der Waals surface area contributed by atoms with Gasteiger partial charge in [0, 0.05) is 35.6 Å². The van der Waals surface area contributed by atoms with Crippen LogP contribution in [0.4, 0.5) is 21.8 Å². The highest BCUT2D eigenvalue weighted by atomic mass is 19.1. The van der Waals surface area contributed by atoms with Crippen LogP contribution >= 0.6 is 0 Å². The van der Waals surface area contributed by atoms with E-state index < -0.39 is 11.7 Å². The molecule has 0 bridgehead atoms. The molecule has 9 heteroatoms. The van der Waals surface area contributed by atoms with E-state index in [2.05, 4.69) is 20.3 Å². The molecule has 4 rings (SSSR count). The molecule has 0 saturated carbocycles. The molecule has 2 heterocycles. The number of nitrogens with two attached hydrogens (primary N) is 2. The van der Waals surface area contributed by atoms with Crippen molar-refractivity contribution in [1.82, 2.24) is 15.0 Å². The van der Waals surface area contributed by atoms with Crippen LogP contribution in [-0.2, 0) is 0 Å². The number of hydrogen-bond acceptors (Lipinski definition) is 7. The van der Waals surface area contributed by atoms with Crippen LogP contribution in [0.2, 0.25) is 0 Å². The second-order valence-corrected chi connectivity index (χ2v) is 6.47. The van der Waals surface area contributed by atoms with Crippen LogP contribution in [0.5, 0.6) is 11.5 Å². The van der Waals surface area contributed by atoms with E-state index in [1.165, 1.54) is 18.3 Å². The maximum Gasteiger partial charge on any atom is 0.267 e. The fourth-order valence-corrected chi connectivity index (χ4v) is 2.87. The minimum atomic E-state index is -0.645. The SMILES string of the molecule is NC(=O)c1cc(Oc2cccc(Nc3cc(-c4ccccc4F)nc(N)n3)c2)ccn1. The van der Waals surface area contributed by atoms with E-state index >= 15 is 0 Å². The quantitative estimate of drug-likeness (QED) is 0.435. The average Bonchev–Trinajstić information content (AvgIpc) is 2.74. The standard InChI is InChI=1S/C22H17FN6O2/c23-17-7-2-1-6-16(17)18-12-20(29-22(25)28-18)27-13-4-3-5-14(10-13)31-15-8-9-26-19(11-15)21(24)30/h1-12H,(H2,24,30)(H3,25,27,28,29). The highest BCUT2D eigenvalue weighted by molar-refractivity contribution is 5.91. The lowest BCUT2D eigenvalue weighted by Gasteiger charge is -2.11. The summed E-state index contributed by atoms with van der Waals surface area (Å²) in [6, 6.07) is 18.0. The van der Waals surface area contributed by atoms with E-state index in [-0.39, 0.29) is 11.6 Å². The van der Waals surface area contributed by atoms with Crippen LogP contribution in [0.3, 0.4) is 0 Å². The molecule has 8 nitrogen and oxygen atoms in total. The Morgan fingerprint density at radius 2 is 1.77 bits per heavy atom. The van der Waals surface area contributed by atoms with Crippen molar-refractivity contribution in [2.24, 2.45) is 5.73 Å². The van der Waals surface area contributed by atoms with E-state index in [1.54, 1.807) is 54.6 Å². The smallest absolute Gasteiger partial charge is 0.267 e. The lowest BCUT2D eigenvalue weighted by atomic mass is 10.1. The summed E-state index contributed by atoms with van der Waals surface area (Å²) in [4.78, 5) is 23.5. The average molecular weight is 416 g/mol. The van der Waals surface area contributed by atoms with Crippen LogP contribution in [0.15, 0.2) is 72.9 Å². The van der Waals surface area contributed by atoms with Crippen LogP contribution in [-0.4, -0.2) is 20.9 Å². The number of carbonyl (C=O) groups is 1. The third kappa shape index (κ3) is 4.73. The molecule has 1 amide bonds. The third-order valence-corrected chi connectivity index (χ3v) is 4.22. The third-order valence-electron chi connectivity index (χ3n) is 4.22. The number of halogens is 1. The van der Waals surface area contributed by atoms with Gasteiger partial charge in [0.25, 0.3) is 5.91 Å². The van der Waals surface area contributed by atoms with Crippen molar-refractivity contribution in [2.45, 2.75) is 0 Å². The van der Waals surface area contributed by atoms with E-state index in [0.29, 0.717) is 34.3 Å². The normalized spacial score (nSPS) is 10.5. The first kappa shape index (κ1) is 19.8. The lowest BCUT2D eigenvalue weighted by Crippen LogP contribution is -2.12. The number of rotatable bonds is 6. The highest BCUT2D eigenvalue weighted by Gasteiger charge is 2.10. The number of amides is 1. The van der Waals surface area contributed by atoms with Crippen molar-refractivity contribution in [2.75, 3.05) is 11.1 Å². The molecule has 0 saturated heterocycles. The summed E-state index contributed by atoms with van der Waals surface area (Å²) in [5, 5.41) is 3.11. The molecule has 0 spiro atoms. The van der Waals surface area contributed by atoms with Gasteiger partial charge in [-0.1, -0.05) is 18.2 Å². The van der Waals surface area contributed by atoms with Crippen molar-refractivity contribution in [1.29, 1.82) is 0 Å². The predicted molar refractivity (Wildman–Crippen MR) is 114 cm³/mol. The molecule has 4 aromatic rings. The van der Waals surface area contributed by atoms with Crippen molar-refractivity contribution in [3.8, 4) is 22.8 Å². The Hall–Kier alpha value is -4.53. The number of hydrogen-bond donors (Lipinski definition) is 3. The minimum absolute atomic E-state index is 0.00595. The molecule has 0 aliphatic carbocycles. The molecule has 154 valence electrons. The predicted octanol–water partition coefficient (Wildman–Crippen LogP) is 3.89. The minimum Gasteiger partial charge on any atom is -0.457 e. The summed E-state index contributed by atoms with van der Waals surface area (Å²) in [5.41, 5.74) is 12.5. The van der Waals surface area contributed by atoms with Gasteiger partial charge in [-0.15, -0.1) is 0 Å². The van der Waals surface area contributed by atoms with Gasteiger partial charge in [-0.3, -0.25) is 9.78 Å². The number of nitrogens with one attached hydrogen (secondary N) is 1. The molecule has 31 heavy (non-hydrogen) atoms. The van der Waals surface area contributed by atoms with E-state index in [4.69, 9.17) is 16.2 Å². The zero-order valence-electron chi connectivity index (χ0n) is 16.1. The number of nitrogens with zero attached hydrogens (tertiary/aromatic N) is 3. The lowest BCUT2D eigenvalue weighted by molar-refractivity contribution is 0.0995. The molecular formula is C22H17FN6O2. The van der Waals surface area contributed by atoms with Gasteiger partial charge in [-0.2, -0.15) is 4.98 Å². The van der Waals surface area contributed by atoms with Gasteiger partial charge in [0.05, 0.1) is 5.69 Å². The largest absolute Gasteiger partial charge is 0.457 e. The molecular weight excluding hydrogens is 399 g/mol. The molecule has 2 aromatic carbocycles. The number of anilines is 3. The summed E-state index contributed by atoms with van der Waals surface area (Å²) in [6.07, 6.45) is 1.44. The number of aromatic nitrogens is 3. The zero-order valence-corrected chi connectivity index (χ0v) is 16.1. The Labute approximate surface area is 176 Å². The second kappa shape index (κ2) is 8.46. The van der Waals surface area contributed by atoms with E-state index in [9.17, 15) is 9.18 Å². The van der Waals surface area contributed by atoms with E-state index in [0.717, 1.165) is 0 Å². The van der Waals surface area contributed by atoms with Gasteiger partial charge in [0.2, 0.25) is 5.95 Å². The summed E-state index contributed by atoms with van der Waals surface area (Å²) >= 11 is 0. The summed E-state index contributed by atoms with van der Waals surface area (Å²) in [6.45, 7) is 0. The Morgan fingerprint density at radius 1 is 0.968 bits per heavy atom. The Kier molecular flexibility index (Phi) is 5.39. The summed E-state index contributed by atoms with van der Waals surface area (Å²) in [5.74, 6) is 0.258. The summed E-state index contributed by atoms with van der Waals surface area (Å²) < 4.78 is 19.9. The number of ether oxygens (including phenoxy) is 1. The van der Waals surface area contributed by atoms with Gasteiger partial charge in [0.1, 0.15) is 28.8 Å². The molecule has 0 unspecified atom stereocenters. The number of pyridine rings is 1. The van der Waals surface area contributed by atoms with Crippen molar-refractivity contribution in [3.63, 3.8) is 0 Å². The monoisotopic (exact) mass is 416 g/mol. The maximum absolute atomic E-state index is 14.1. The first-order valence-electron chi connectivity index (χ1n) is 9.18. The van der Waals surface area contributed by atoms with Crippen molar-refractivity contribution in [3.05, 3.63) is 84.4 Å². The Bertz CT molecular complexity index is 1260. The fourth-order valence-electron chi connectivity index (χ4n) is 2.87. The highest BCUT2D eigenvalue weighted by Crippen LogP contribution is 2.28. The van der Waals surface area contributed by atoms with Crippen molar-refractivity contribution < 1.29 is 13.9 Å². The van der Waals surface area contributed by atoms with Crippen LogP contribution in [0, 0.1) is 5.82 Å². The Balaban J connectivity index is 1.58. The molecule has 0 aliphatic heterocycles. The number of nitrogen functional groups attached to an aromatic ring is 1. The zero-order chi connectivity index (χ0) is 21.8. The molecule has 0 atom stereocenters. The molecule has 0 fully saturated rings. The Morgan fingerprint density at radius 3 is 2.58 bits per heavy atom. The molecule has 2 aromatic heterocycles. The van der Waals surface area contributed by atoms with Crippen LogP contribution in [0.25, 0.3) is 11.3 Å². The first-order chi connectivity index (χ1) is 15.0. The van der Waals surface area contributed by atoms with Gasteiger partial charge in [-0.25, -0.2) is 9.37 Å². The van der Waals surface area contributed by atoms with Gasteiger partial charge >= 0.3 is 0 Å². The van der Waals surface area contributed by atoms with Gasteiger partial charge in [-0.05, 0) is 30.3 Å². The molecule has 0 aliphatic rings. The number of carbonyl (C=O) groups excluding carboxylic acids is 1. The molecule has 5 N–H and O–H groups in total.